The second kappa shape index (κ2) is 14.3. The lowest BCUT2D eigenvalue weighted by Gasteiger charge is -2.05. The molecular formula is C44H50O2. The molecule has 0 unspecified atom stereocenters. The van der Waals surface area contributed by atoms with Crippen molar-refractivity contribution in [1.29, 1.82) is 0 Å². The zero-order valence-corrected chi connectivity index (χ0v) is 28.1. The Hall–Kier alpha value is -3.78. The number of rotatable bonds is 16. The first-order chi connectivity index (χ1) is 22.7. The molecule has 0 radical (unpaired) electrons. The highest BCUT2D eigenvalue weighted by molar-refractivity contribution is 6.18. The zero-order chi connectivity index (χ0) is 31.3. The van der Waals surface area contributed by atoms with Crippen molar-refractivity contribution in [2.45, 2.75) is 117 Å². The summed E-state index contributed by atoms with van der Waals surface area (Å²) in [7, 11) is 0. The van der Waals surface area contributed by atoms with Gasteiger partial charge in [-0.2, -0.15) is 0 Å². The first kappa shape index (κ1) is 30.9. The molecule has 0 N–H and O–H groups in total. The molecule has 0 amide bonds. The van der Waals surface area contributed by atoms with Crippen LogP contribution in [0.1, 0.15) is 115 Å². The van der Waals surface area contributed by atoms with Crippen LogP contribution < -0.4 is 0 Å². The second-order valence-electron chi connectivity index (χ2n) is 13.9. The number of fused-ring (bicyclic) bond motifs is 8. The smallest absolute Gasteiger partial charge is 0.136 e. The molecule has 46 heavy (non-hydrogen) atoms. The zero-order valence-electron chi connectivity index (χ0n) is 28.1. The lowest BCUT2D eigenvalue weighted by Crippen LogP contribution is -1.87. The molecule has 2 nitrogen and oxygen atoms in total. The Balaban J connectivity index is 1.12. The Labute approximate surface area is 274 Å². The van der Waals surface area contributed by atoms with Crippen LogP contribution in [0, 0.1) is 0 Å². The third-order valence-electron chi connectivity index (χ3n) is 10.2. The summed E-state index contributed by atoms with van der Waals surface area (Å²) in [4.78, 5) is 0. The summed E-state index contributed by atoms with van der Waals surface area (Å²) >= 11 is 0. The van der Waals surface area contributed by atoms with Crippen LogP contribution in [-0.2, 0) is 12.8 Å². The molecule has 0 aliphatic rings. The Kier molecular flexibility index (Phi) is 9.61. The van der Waals surface area contributed by atoms with Gasteiger partial charge < -0.3 is 8.83 Å². The van der Waals surface area contributed by atoms with Crippen molar-refractivity contribution in [2.75, 3.05) is 0 Å². The van der Waals surface area contributed by atoms with Crippen LogP contribution in [0.3, 0.4) is 0 Å². The van der Waals surface area contributed by atoms with Crippen LogP contribution in [0.25, 0.3) is 65.4 Å². The van der Waals surface area contributed by atoms with Crippen molar-refractivity contribution in [3.63, 3.8) is 0 Å². The molecule has 7 rings (SSSR count). The summed E-state index contributed by atoms with van der Waals surface area (Å²) in [6.45, 7) is 4.57. The molecule has 0 saturated heterocycles. The molecule has 0 saturated carbocycles. The topological polar surface area (TPSA) is 26.3 Å². The van der Waals surface area contributed by atoms with Gasteiger partial charge in [-0.3, -0.25) is 0 Å². The number of hydrogen-bond donors (Lipinski definition) is 0. The largest absolute Gasteiger partial charge is 0.456 e. The number of aryl methyl sites for hydroxylation is 2. The number of furan rings is 2. The fourth-order valence-corrected chi connectivity index (χ4v) is 7.51. The first-order valence-electron chi connectivity index (χ1n) is 18.4. The highest BCUT2D eigenvalue weighted by atomic mass is 16.3. The van der Waals surface area contributed by atoms with Gasteiger partial charge in [0.05, 0.1) is 0 Å². The van der Waals surface area contributed by atoms with Crippen LogP contribution in [0.2, 0.25) is 0 Å². The van der Waals surface area contributed by atoms with Crippen LogP contribution in [0.4, 0.5) is 0 Å². The molecule has 2 heteroatoms. The third-order valence-corrected chi connectivity index (χ3v) is 10.2. The quantitative estimate of drug-likeness (QED) is 0.102. The van der Waals surface area contributed by atoms with Gasteiger partial charge in [-0.15, -0.1) is 0 Å². The van der Waals surface area contributed by atoms with Gasteiger partial charge >= 0.3 is 0 Å². The first-order valence-corrected chi connectivity index (χ1v) is 18.4. The Morgan fingerprint density at radius 3 is 1.15 bits per heavy atom. The SMILES string of the molecule is CCCCCCCCCc1ccc2cc3oc4cc5c(cc4c3cc2c1)oc1cc2ccc(CCCCCCCCC)cc2cc15. The molecule has 0 bridgehead atoms. The lowest BCUT2D eigenvalue weighted by atomic mass is 9.99. The number of hydrogen-bond acceptors (Lipinski definition) is 2. The standard InChI is InChI=1S/C44H50O2/c1-3-5-7-9-11-13-15-17-31-19-21-33-27-41-37(25-35(33)23-31)39-29-44-40(30-43(39)45-41)38-26-36-24-32(18-16-14-12-10-8-6-4-2)20-22-34(36)28-42(38)46-44/h19-30H,3-18H2,1-2H3. The number of benzene rings is 5. The maximum absolute atomic E-state index is 6.49. The predicted octanol–water partition coefficient (Wildman–Crippen LogP) is 14.4. The molecule has 0 aliphatic heterocycles. The summed E-state index contributed by atoms with van der Waals surface area (Å²) < 4.78 is 13.0. The summed E-state index contributed by atoms with van der Waals surface area (Å²) in [5, 5.41) is 9.64. The van der Waals surface area contributed by atoms with Gasteiger partial charge in [0.25, 0.3) is 0 Å². The van der Waals surface area contributed by atoms with Crippen LogP contribution in [-0.4, -0.2) is 0 Å². The minimum Gasteiger partial charge on any atom is -0.456 e. The molecule has 0 aliphatic carbocycles. The maximum atomic E-state index is 6.49. The molecule has 2 aromatic heterocycles. The van der Waals surface area contributed by atoms with E-state index in [2.05, 4.69) is 86.6 Å². The van der Waals surface area contributed by atoms with Crippen LogP contribution >= 0.6 is 0 Å². The molecule has 238 valence electrons. The van der Waals surface area contributed by atoms with E-state index in [0.717, 1.165) is 56.7 Å². The van der Waals surface area contributed by atoms with Crippen LogP contribution in [0.15, 0.2) is 81.6 Å². The summed E-state index contributed by atoms with van der Waals surface area (Å²) in [6.07, 6.45) is 21.2. The molecule has 0 atom stereocenters. The van der Waals surface area contributed by atoms with E-state index in [1.165, 1.54) is 123 Å². The molecule has 7 aromatic rings. The van der Waals surface area contributed by atoms with Crippen molar-refractivity contribution in [3.8, 4) is 0 Å². The van der Waals surface area contributed by atoms with E-state index in [1.807, 2.05) is 0 Å². The van der Waals surface area contributed by atoms with Gasteiger partial charge in [0, 0.05) is 21.5 Å². The van der Waals surface area contributed by atoms with Crippen molar-refractivity contribution < 1.29 is 8.83 Å². The van der Waals surface area contributed by atoms with E-state index in [0.29, 0.717) is 0 Å². The van der Waals surface area contributed by atoms with E-state index in [4.69, 9.17) is 8.83 Å². The summed E-state index contributed by atoms with van der Waals surface area (Å²) in [5.74, 6) is 0. The molecular weight excluding hydrogens is 560 g/mol. The van der Waals surface area contributed by atoms with Gasteiger partial charge in [-0.05, 0) is 94.8 Å². The monoisotopic (exact) mass is 610 g/mol. The highest BCUT2D eigenvalue weighted by Gasteiger charge is 2.15. The highest BCUT2D eigenvalue weighted by Crippen LogP contribution is 2.39. The van der Waals surface area contributed by atoms with Crippen molar-refractivity contribution in [3.05, 3.63) is 83.9 Å². The average molecular weight is 611 g/mol. The van der Waals surface area contributed by atoms with Gasteiger partial charge in [0.2, 0.25) is 0 Å². The van der Waals surface area contributed by atoms with E-state index in [1.54, 1.807) is 0 Å². The van der Waals surface area contributed by atoms with Gasteiger partial charge in [0.15, 0.2) is 0 Å². The van der Waals surface area contributed by atoms with Gasteiger partial charge in [-0.25, -0.2) is 0 Å². The van der Waals surface area contributed by atoms with E-state index < -0.39 is 0 Å². The molecule has 0 fully saturated rings. The Bertz CT molecular complexity index is 1940. The Morgan fingerprint density at radius 1 is 0.348 bits per heavy atom. The van der Waals surface area contributed by atoms with Crippen LogP contribution in [0.5, 0.6) is 0 Å². The van der Waals surface area contributed by atoms with Crippen molar-refractivity contribution in [1.82, 2.24) is 0 Å². The molecule has 0 spiro atoms. The van der Waals surface area contributed by atoms with Crippen molar-refractivity contribution in [2.24, 2.45) is 0 Å². The van der Waals surface area contributed by atoms with Gasteiger partial charge in [0.1, 0.15) is 22.3 Å². The van der Waals surface area contributed by atoms with Crippen molar-refractivity contribution >= 4 is 65.4 Å². The van der Waals surface area contributed by atoms with E-state index in [-0.39, 0.29) is 0 Å². The van der Waals surface area contributed by atoms with Gasteiger partial charge in [-0.1, -0.05) is 127 Å². The fraction of sp³-hybridized carbons (Fsp3) is 0.409. The Morgan fingerprint density at radius 2 is 0.717 bits per heavy atom. The summed E-state index contributed by atoms with van der Waals surface area (Å²) in [5.41, 5.74) is 6.61. The van der Waals surface area contributed by atoms with E-state index in [9.17, 15) is 0 Å². The predicted molar refractivity (Wildman–Crippen MR) is 199 cm³/mol. The fourth-order valence-electron chi connectivity index (χ4n) is 7.51. The third kappa shape index (κ3) is 6.68. The minimum absolute atomic E-state index is 0.927. The second-order valence-corrected chi connectivity index (χ2v) is 13.9. The average Bonchev–Trinajstić information content (AvgIpc) is 3.60. The maximum Gasteiger partial charge on any atom is 0.136 e. The molecule has 2 heterocycles. The normalized spacial score (nSPS) is 12.2. The lowest BCUT2D eigenvalue weighted by molar-refractivity contribution is 0.589. The summed E-state index contributed by atoms with van der Waals surface area (Å²) in [6, 6.07) is 27.4. The molecule has 5 aromatic carbocycles. The number of unbranched alkanes of at least 4 members (excludes halogenated alkanes) is 12. The van der Waals surface area contributed by atoms with E-state index >= 15 is 0 Å². The minimum atomic E-state index is 0.927.